The van der Waals surface area contributed by atoms with Crippen LogP contribution in [0.4, 0.5) is 4.79 Å². The van der Waals surface area contributed by atoms with Crippen LogP contribution in [0.3, 0.4) is 0 Å². The number of hydrogen-bond donors (Lipinski definition) is 1. The smallest absolute Gasteiger partial charge is 0.407 e. The predicted molar refractivity (Wildman–Crippen MR) is 49.5 cm³/mol. The van der Waals surface area contributed by atoms with Gasteiger partial charge in [0.15, 0.2) is 0 Å². The molecule has 13 heavy (non-hydrogen) atoms. The van der Waals surface area contributed by atoms with Gasteiger partial charge < -0.3 is 14.8 Å². The highest BCUT2D eigenvalue weighted by Crippen LogP contribution is 2.01. The van der Waals surface area contributed by atoms with Crippen LogP contribution in [-0.4, -0.2) is 24.0 Å². The van der Waals surface area contributed by atoms with E-state index in [1.54, 1.807) is 6.92 Å². The molecule has 4 heteroatoms. The summed E-state index contributed by atoms with van der Waals surface area (Å²) in [5.74, 6) is 0. The number of ether oxygens (including phenoxy) is 1. The molecular weight excluding hydrogens is 170 g/mol. The molecule has 0 spiro atoms. The standard InChI is InChI=1S/C9H17NO3/c1-7(5-6-11)13-8(12)10-9(2,3)4/h6-7H,5H2,1-4H3,(H,10,12)/t7-/m1/s1. The Morgan fingerprint density at radius 1 is 1.54 bits per heavy atom. The molecule has 0 rings (SSSR count). The zero-order valence-corrected chi connectivity index (χ0v) is 8.59. The summed E-state index contributed by atoms with van der Waals surface area (Å²) in [6, 6.07) is 0. The van der Waals surface area contributed by atoms with Crippen molar-refractivity contribution in [1.82, 2.24) is 5.32 Å². The SMILES string of the molecule is C[C@H](CC=O)OC(=O)NC(C)(C)C. The van der Waals surface area contributed by atoms with Crippen molar-refractivity contribution in [1.29, 1.82) is 0 Å². The Morgan fingerprint density at radius 2 is 2.08 bits per heavy atom. The number of aldehydes is 1. The second-order valence-electron chi connectivity index (χ2n) is 3.99. The van der Waals surface area contributed by atoms with Crippen molar-refractivity contribution in [2.24, 2.45) is 0 Å². The Balaban J connectivity index is 3.81. The summed E-state index contributed by atoms with van der Waals surface area (Å²) in [7, 11) is 0. The minimum atomic E-state index is -0.484. The molecule has 0 heterocycles. The van der Waals surface area contributed by atoms with Gasteiger partial charge in [-0.05, 0) is 27.7 Å². The molecule has 76 valence electrons. The molecule has 0 saturated carbocycles. The summed E-state index contributed by atoms with van der Waals surface area (Å²) in [5, 5.41) is 2.63. The predicted octanol–water partition coefficient (Wildman–Crippen LogP) is 1.49. The van der Waals surface area contributed by atoms with Crippen LogP contribution >= 0.6 is 0 Å². The van der Waals surface area contributed by atoms with Crippen LogP contribution in [-0.2, 0) is 9.53 Å². The highest BCUT2D eigenvalue weighted by Gasteiger charge is 2.16. The molecule has 0 aliphatic rings. The fourth-order valence-corrected chi connectivity index (χ4v) is 0.702. The molecule has 0 aromatic carbocycles. The van der Waals surface area contributed by atoms with Crippen LogP contribution in [0.25, 0.3) is 0 Å². The van der Waals surface area contributed by atoms with Crippen molar-refractivity contribution < 1.29 is 14.3 Å². The second kappa shape index (κ2) is 4.84. The van der Waals surface area contributed by atoms with Crippen molar-refractivity contribution in [3.05, 3.63) is 0 Å². The van der Waals surface area contributed by atoms with E-state index in [0.717, 1.165) is 6.29 Å². The molecular formula is C9H17NO3. The van der Waals surface area contributed by atoms with Crippen LogP contribution in [0.15, 0.2) is 0 Å². The first kappa shape index (κ1) is 11.9. The molecule has 0 saturated heterocycles. The molecule has 0 aliphatic heterocycles. The highest BCUT2D eigenvalue weighted by atomic mass is 16.6. The van der Waals surface area contributed by atoms with Gasteiger partial charge in [0.05, 0.1) is 0 Å². The number of hydrogen-bond acceptors (Lipinski definition) is 3. The first-order valence-electron chi connectivity index (χ1n) is 4.27. The molecule has 0 aliphatic carbocycles. The van der Waals surface area contributed by atoms with Crippen molar-refractivity contribution in [3.63, 3.8) is 0 Å². The van der Waals surface area contributed by atoms with Crippen molar-refractivity contribution in [3.8, 4) is 0 Å². The van der Waals surface area contributed by atoms with Gasteiger partial charge in [-0.3, -0.25) is 0 Å². The Labute approximate surface area is 78.6 Å². The molecule has 1 N–H and O–H groups in total. The minimum absolute atomic E-state index is 0.234. The van der Waals surface area contributed by atoms with E-state index in [4.69, 9.17) is 4.74 Å². The number of amides is 1. The Bertz CT molecular complexity index is 184. The zero-order chi connectivity index (χ0) is 10.5. The Morgan fingerprint density at radius 3 is 2.46 bits per heavy atom. The van der Waals surface area contributed by atoms with Gasteiger partial charge in [-0.1, -0.05) is 0 Å². The van der Waals surface area contributed by atoms with Gasteiger partial charge in [-0.15, -0.1) is 0 Å². The first-order valence-corrected chi connectivity index (χ1v) is 4.27. The van der Waals surface area contributed by atoms with E-state index in [9.17, 15) is 9.59 Å². The quantitative estimate of drug-likeness (QED) is 0.681. The Hall–Kier alpha value is -1.06. The van der Waals surface area contributed by atoms with Crippen LogP contribution in [0, 0.1) is 0 Å². The average molecular weight is 187 g/mol. The van der Waals surface area contributed by atoms with Crippen molar-refractivity contribution >= 4 is 12.4 Å². The summed E-state index contributed by atoms with van der Waals surface area (Å²) in [4.78, 5) is 21.2. The molecule has 0 aromatic heterocycles. The van der Waals surface area contributed by atoms with Gasteiger partial charge in [0.25, 0.3) is 0 Å². The fourth-order valence-electron chi connectivity index (χ4n) is 0.702. The van der Waals surface area contributed by atoms with E-state index in [0.29, 0.717) is 0 Å². The Kier molecular flexibility index (Phi) is 4.45. The second-order valence-corrected chi connectivity index (χ2v) is 3.99. The van der Waals surface area contributed by atoms with E-state index in [2.05, 4.69) is 5.32 Å². The third-order valence-electron chi connectivity index (χ3n) is 1.21. The van der Waals surface area contributed by atoms with Crippen LogP contribution in [0.2, 0.25) is 0 Å². The highest BCUT2D eigenvalue weighted by molar-refractivity contribution is 5.68. The number of carbonyl (C=O) groups excluding carboxylic acids is 2. The van der Waals surface area contributed by atoms with Crippen LogP contribution in [0.5, 0.6) is 0 Å². The molecule has 0 bridgehead atoms. The van der Waals surface area contributed by atoms with Gasteiger partial charge in [0, 0.05) is 12.0 Å². The topological polar surface area (TPSA) is 55.4 Å². The minimum Gasteiger partial charge on any atom is -0.446 e. The molecule has 1 atom stereocenters. The van der Waals surface area contributed by atoms with Gasteiger partial charge in [-0.25, -0.2) is 4.79 Å². The molecule has 0 radical (unpaired) electrons. The van der Waals surface area contributed by atoms with Crippen molar-refractivity contribution in [2.45, 2.75) is 45.8 Å². The maximum Gasteiger partial charge on any atom is 0.407 e. The lowest BCUT2D eigenvalue weighted by Crippen LogP contribution is -2.42. The summed E-state index contributed by atoms with van der Waals surface area (Å²) < 4.78 is 4.89. The van der Waals surface area contributed by atoms with E-state index in [1.807, 2.05) is 20.8 Å². The maximum absolute atomic E-state index is 11.1. The van der Waals surface area contributed by atoms with E-state index < -0.39 is 6.09 Å². The van der Waals surface area contributed by atoms with Gasteiger partial charge in [0.1, 0.15) is 12.4 Å². The number of nitrogens with one attached hydrogen (secondary N) is 1. The zero-order valence-electron chi connectivity index (χ0n) is 8.59. The van der Waals surface area contributed by atoms with Crippen LogP contribution in [0.1, 0.15) is 34.1 Å². The van der Waals surface area contributed by atoms with Gasteiger partial charge >= 0.3 is 6.09 Å². The normalized spacial score (nSPS) is 13.2. The summed E-state index contributed by atoms with van der Waals surface area (Å²) in [5.41, 5.74) is -0.308. The number of rotatable bonds is 3. The maximum atomic E-state index is 11.1. The number of alkyl carbamates (subject to hydrolysis) is 1. The monoisotopic (exact) mass is 187 g/mol. The average Bonchev–Trinajstić information content (AvgIpc) is 1.81. The first-order chi connectivity index (χ1) is 5.85. The molecule has 0 fully saturated rings. The van der Waals surface area contributed by atoms with Gasteiger partial charge in [-0.2, -0.15) is 0 Å². The molecule has 0 unspecified atom stereocenters. The lowest BCUT2D eigenvalue weighted by molar-refractivity contribution is -0.109. The van der Waals surface area contributed by atoms with Gasteiger partial charge in [0.2, 0.25) is 0 Å². The lowest BCUT2D eigenvalue weighted by Gasteiger charge is -2.21. The van der Waals surface area contributed by atoms with Crippen molar-refractivity contribution in [2.75, 3.05) is 0 Å². The fraction of sp³-hybridized carbons (Fsp3) is 0.778. The van der Waals surface area contributed by atoms with E-state index in [-0.39, 0.29) is 18.1 Å². The summed E-state index contributed by atoms with van der Waals surface area (Å²) in [6.45, 7) is 7.26. The largest absolute Gasteiger partial charge is 0.446 e. The summed E-state index contributed by atoms with van der Waals surface area (Å²) >= 11 is 0. The van der Waals surface area contributed by atoms with Crippen LogP contribution < -0.4 is 5.32 Å². The molecule has 0 aromatic rings. The lowest BCUT2D eigenvalue weighted by atomic mass is 10.1. The molecule has 1 amide bonds. The van der Waals surface area contributed by atoms with E-state index in [1.165, 1.54) is 0 Å². The summed E-state index contributed by atoms with van der Waals surface area (Å²) in [6.07, 6.45) is 0.119. The third kappa shape index (κ3) is 7.31. The molecule has 4 nitrogen and oxygen atoms in total. The third-order valence-corrected chi connectivity index (χ3v) is 1.21. The van der Waals surface area contributed by atoms with E-state index >= 15 is 0 Å². The number of carbonyl (C=O) groups is 2.